The van der Waals surface area contributed by atoms with Gasteiger partial charge < -0.3 is 16.6 Å². The molecule has 76 valence electrons. The van der Waals surface area contributed by atoms with E-state index in [9.17, 15) is 10.1 Å². The Hall–Kier alpha value is -1.66. The van der Waals surface area contributed by atoms with E-state index in [1.807, 2.05) is 0 Å². The molecule has 6 heteroatoms. The van der Waals surface area contributed by atoms with Crippen LogP contribution in [0.5, 0.6) is 0 Å². The second-order valence-corrected chi connectivity index (χ2v) is 2.86. The quantitative estimate of drug-likeness (QED) is 0.363. The van der Waals surface area contributed by atoms with Gasteiger partial charge >= 0.3 is 0 Å². The van der Waals surface area contributed by atoms with E-state index in [2.05, 4.69) is 0 Å². The minimum absolute atomic E-state index is 0.161. The number of nitrogen functional groups attached to an aromatic ring is 1. The third-order valence-corrected chi connectivity index (χ3v) is 1.85. The second-order valence-electron chi connectivity index (χ2n) is 2.86. The molecule has 14 heavy (non-hydrogen) atoms. The fourth-order valence-electron chi connectivity index (χ4n) is 1.13. The number of nitrogens with two attached hydrogens (primary N) is 2. The summed E-state index contributed by atoms with van der Waals surface area (Å²) in [6.07, 6.45) is 0. The van der Waals surface area contributed by atoms with Crippen molar-refractivity contribution in [3.05, 3.63) is 33.9 Å². The molecule has 5 N–H and O–H groups in total. The van der Waals surface area contributed by atoms with Crippen LogP contribution in [0.25, 0.3) is 0 Å². The number of aliphatic hydroxyl groups is 1. The third kappa shape index (κ3) is 1.98. The van der Waals surface area contributed by atoms with Gasteiger partial charge in [-0.05, 0) is 12.1 Å². The largest absolute Gasteiger partial charge is 0.399 e. The van der Waals surface area contributed by atoms with Crippen molar-refractivity contribution in [3.8, 4) is 0 Å². The van der Waals surface area contributed by atoms with Crippen molar-refractivity contribution in [2.75, 3.05) is 12.3 Å². The second kappa shape index (κ2) is 4.03. The Morgan fingerprint density at radius 3 is 2.71 bits per heavy atom. The van der Waals surface area contributed by atoms with Crippen LogP contribution < -0.4 is 11.5 Å². The van der Waals surface area contributed by atoms with Crippen LogP contribution in [0.3, 0.4) is 0 Å². The number of hydrogen-bond donors (Lipinski definition) is 3. The molecule has 0 amide bonds. The number of nitro groups is 1. The van der Waals surface area contributed by atoms with Gasteiger partial charge in [0.25, 0.3) is 5.69 Å². The average molecular weight is 197 g/mol. The monoisotopic (exact) mass is 197 g/mol. The molecule has 0 aliphatic carbocycles. The van der Waals surface area contributed by atoms with E-state index in [0.29, 0.717) is 5.69 Å². The number of benzene rings is 1. The van der Waals surface area contributed by atoms with Gasteiger partial charge in [0.2, 0.25) is 0 Å². The number of nitrogens with zero attached hydrogens (tertiary/aromatic N) is 1. The van der Waals surface area contributed by atoms with Gasteiger partial charge in [0.15, 0.2) is 0 Å². The summed E-state index contributed by atoms with van der Waals surface area (Å²) in [5, 5.41) is 19.4. The lowest BCUT2D eigenvalue weighted by Gasteiger charge is -2.09. The highest BCUT2D eigenvalue weighted by Gasteiger charge is 2.18. The Labute approximate surface area is 80.3 Å². The summed E-state index contributed by atoms with van der Waals surface area (Å²) in [5.74, 6) is 0. The zero-order valence-corrected chi connectivity index (χ0v) is 7.38. The van der Waals surface area contributed by atoms with Crippen LogP contribution in [-0.4, -0.2) is 16.6 Å². The van der Waals surface area contributed by atoms with Crippen LogP contribution in [0, 0.1) is 10.1 Å². The Kier molecular flexibility index (Phi) is 3.00. The first-order valence-corrected chi connectivity index (χ1v) is 3.96. The van der Waals surface area contributed by atoms with Crippen LogP contribution >= 0.6 is 0 Å². The van der Waals surface area contributed by atoms with Gasteiger partial charge in [0, 0.05) is 17.3 Å². The van der Waals surface area contributed by atoms with Crippen molar-refractivity contribution in [2.24, 2.45) is 5.73 Å². The molecule has 1 rings (SSSR count). The first-order valence-electron chi connectivity index (χ1n) is 3.96. The van der Waals surface area contributed by atoms with Crippen molar-refractivity contribution in [1.29, 1.82) is 0 Å². The predicted octanol–water partition coefficient (Wildman–Crippen LogP) is 0.169. The molecule has 0 bridgehead atoms. The van der Waals surface area contributed by atoms with Gasteiger partial charge in [-0.15, -0.1) is 0 Å². The number of hydrogen-bond acceptors (Lipinski definition) is 5. The third-order valence-electron chi connectivity index (χ3n) is 1.85. The molecule has 0 fully saturated rings. The summed E-state index contributed by atoms with van der Waals surface area (Å²) in [4.78, 5) is 10.0. The van der Waals surface area contributed by atoms with Gasteiger partial charge in [-0.25, -0.2) is 0 Å². The molecule has 0 heterocycles. The molecule has 0 aliphatic heterocycles. The van der Waals surface area contributed by atoms with Crippen molar-refractivity contribution in [1.82, 2.24) is 0 Å². The molecule has 0 radical (unpaired) electrons. The predicted molar refractivity (Wildman–Crippen MR) is 51.5 cm³/mol. The maximum atomic E-state index is 10.6. The number of aliphatic hydroxyl groups excluding tert-OH is 1. The molecule has 0 aliphatic rings. The Morgan fingerprint density at radius 1 is 1.57 bits per heavy atom. The van der Waals surface area contributed by atoms with E-state index in [1.54, 1.807) is 0 Å². The van der Waals surface area contributed by atoms with Crippen LogP contribution in [0.2, 0.25) is 0 Å². The van der Waals surface area contributed by atoms with Crippen molar-refractivity contribution < 1.29 is 10.0 Å². The number of nitro benzene ring substituents is 1. The standard InChI is InChI=1S/C8H11N3O3/c9-5-1-2-6(7(10)4-12)8(3-5)11(13)14/h1-3,7,12H,4,9-10H2/t7-/m1/s1. The topological polar surface area (TPSA) is 115 Å². The first kappa shape index (κ1) is 10.4. The van der Waals surface area contributed by atoms with Crippen LogP contribution in [-0.2, 0) is 0 Å². The summed E-state index contributed by atoms with van der Waals surface area (Å²) >= 11 is 0. The van der Waals surface area contributed by atoms with E-state index < -0.39 is 11.0 Å². The normalized spacial score (nSPS) is 12.4. The van der Waals surface area contributed by atoms with E-state index in [4.69, 9.17) is 16.6 Å². The summed E-state index contributed by atoms with van der Waals surface area (Å²) in [5.41, 5.74) is 11.3. The van der Waals surface area contributed by atoms with Crippen molar-refractivity contribution >= 4 is 11.4 Å². The van der Waals surface area contributed by atoms with Gasteiger partial charge in [0.1, 0.15) is 0 Å². The van der Waals surface area contributed by atoms with Gasteiger partial charge in [-0.2, -0.15) is 0 Å². The summed E-state index contributed by atoms with van der Waals surface area (Å²) in [6.45, 7) is -0.343. The maximum Gasteiger partial charge on any atom is 0.276 e. The Balaban J connectivity index is 3.21. The highest BCUT2D eigenvalue weighted by Crippen LogP contribution is 2.25. The van der Waals surface area contributed by atoms with Gasteiger partial charge in [-0.3, -0.25) is 10.1 Å². The van der Waals surface area contributed by atoms with E-state index in [-0.39, 0.29) is 17.9 Å². The summed E-state index contributed by atoms with van der Waals surface area (Å²) in [6, 6.07) is 3.44. The lowest BCUT2D eigenvalue weighted by atomic mass is 10.1. The Morgan fingerprint density at radius 2 is 2.21 bits per heavy atom. The molecule has 0 aromatic heterocycles. The lowest BCUT2D eigenvalue weighted by Crippen LogP contribution is -2.16. The Bertz CT molecular complexity index is 354. The van der Waals surface area contributed by atoms with Crippen LogP contribution in [0.15, 0.2) is 18.2 Å². The molecule has 0 spiro atoms. The highest BCUT2D eigenvalue weighted by atomic mass is 16.6. The molecule has 1 atom stereocenters. The lowest BCUT2D eigenvalue weighted by molar-refractivity contribution is -0.385. The molecule has 0 saturated heterocycles. The van der Waals surface area contributed by atoms with Crippen molar-refractivity contribution in [2.45, 2.75) is 6.04 Å². The average Bonchev–Trinajstić information content (AvgIpc) is 2.16. The fraction of sp³-hybridized carbons (Fsp3) is 0.250. The smallest absolute Gasteiger partial charge is 0.276 e. The molecular weight excluding hydrogens is 186 g/mol. The van der Waals surface area contributed by atoms with Crippen molar-refractivity contribution in [3.63, 3.8) is 0 Å². The molecule has 1 aromatic rings. The van der Waals surface area contributed by atoms with E-state index in [1.165, 1.54) is 18.2 Å². The van der Waals surface area contributed by atoms with Crippen LogP contribution in [0.4, 0.5) is 11.4 Å². The zero-order valence-electron chi connectivity index (χ0n) is 7.38. The minimum atomic E-state index is -0.754. The molecule has 6 nitrogen and oxygen atoms in total. The molecule has 1 aromatic carbocycles. The SMILES string of the molecule is Nc1ccc([C@H](N)CO)c([N+](=O)[O-])c1. The number of rotatable bonds is 3. The summed E-state index contributed by atoms with van der Waals surface area (Å²) < 4.78 is 0. The van der Waals surface area contributed by atoms with Gasteiger partial charge in [-0.1, -0.05) is 0 Å². The molecular formula is C8H11N3O3. The maximum absolute atomic E-state index is 10.6. The zero-order chi connectivity index (χ0) is 10.7. The highest BCUT2D eigenvalue weighted by molar-refractivity contribution is 5.53. The minimum Gasteiger partial charge on any atom is -0.399 e. The first-order chi connectivity index (χ1) is 6.56. The van der Waals surface area contributed by atoms with Crippen LogP contribution in [0.1, 0.15) is 11.6 Å². The molecule has 0 saturated carbocycles. The van der Waals surface area contributed by atoms with E-state index in [0.717, 1.165) is 0 Å². The fourth-order valence-corrected chi connectivity index (χ4v) is 1.13. The molecule has 0 unspecified atom stereocenters. The van der Waals surface area contributed by atoms with E-state index >= 15 is 0 Å². The summed E-state index contributed by atoms with van der Waals surface area (Å²) in [7, 11) is 0. The van der Waals surface area contributed by atoms with Gasteiger partial charge in [0.05, 0.1) is 17.6 Å². The number of anilines is 1.